The second kappa shape index (κ2) is 12.8. The van der Waals surface area contributed by atoms with Crippen LogP contribution in [0.4, 0.5) is 0 Å². The summed E-state index contributed by atoms with van der Waals surface area (Å²) in [5.41, 5.74) is 14.0. The monoisotopic (exact) mass is 693 g/mol. The molecule has 4 aromatic rings. The van der Waals surface area contributed by atoms with Crippen molar-refractivity contribution in [3.05, 3.63) is 156 Å². The van der Waals surface area contributed by atoms with Crippen molar-refractivity contribution >= 4 is 14.4 Å². The molecule has 0 atom stereocenters. The van der Waals surface area contributed by atoms with Crippen molar-refractivity contribution in [2.24, 2.45) is 0 Å². The van der Waals surface area contributed by atoms with E-state index in [9.17, 15) is 0 Å². The van der Waals surface area contributed by atoms with Gasteiger partial charge in [-0.05, 0) is 0 Å². The summed E-state index contributed by atoms with van der Waals surface area (Å²) in [6.45, 7) is 18.9. The van der Waals surface area contributed by atoms with Crippen molar-refractivity contribution in [1.29, 1.82) is 0 Å². The second-order valence-corrected chi connectivity index (χ2v) is 15.2. The summed E-state index contributed by atoms with van der Waals surface area (Å²) in [5.74, 6) is 0. The summed E-state index contributed by atoms with van der Waals surface area (Å²) < 4.78 is 1.49. The molecule has 0 bridgehead atoms. The molecule has 4 aromatic carbocycles. The van der Waals surface area contributed by atoms with Crippen molar-refractivity contribution in [2.75, 3.05) is 0 Å². The first kappa shape index (κ1) is 34.4. The van der Waals surface area contributed by atoms with Gasteiger partial charge in [0, 0.05) is 0 Å². The SMILES string of the molecule is Cc1cc2c(cc1C(C)(C)C)=c1c(c(C3=CC=CC3)c(C)c(C(C)(C)C)c1=C(c1ccccc1)c1ccccc1)[C]=2[Zr+2].[Cl-].[Cl-]. The van der Waals surface area contributed by atoms with E-state index in [1.54, 1.807) is 0 Å². The van der Waals surface area contributed by atoms with Crippen LogP contribution >= 0.6 is 0 Å². The van der Waals surface area contributed by atoms with Crippen molar-refractivity contribution in [2.45, 2.75) is 72.6 Å². The van der Waals surface area contributed by atoms with E-state index in [-0.39, 0.29) is 35.6 Å². The summed E-state index contributed by atoms with van der Waals surface area (Å²) in [5, 5.41) is 5.67. The predicted molar refractivity (Wildman–Crippen MR) is 175 cm³/mol. The first-order chi connectivity index (χ1) is 19.9. The average molecular weight is 696 g/mol. The van der Waals surface area contributed by atoms with Gasteiger partial charge in [0.05, 0.1) is 0 Å². The minimum absolute atomic E-state index is 0. The van der Waals surface area contributed by atoms with Crippen LogP contribution in [-0.2, 0) is 35.5 Å². The van der Waals surface area contributed by atoms with Crippen LogP contribution in [0.3, 0.4) is 0 Å². The zero-order valence-electron chi connectivity index (χ0n) is 27.1. The van der Waals surface area contributed by atoms with Crippen molar-refractivity contribution in [3.8, 4) is 0 Å². The number of benzene rings is 4. The number of fused-ring (bicyclic) bond motifs is 2. The standard InChI is InChI=1S/C41H41.2ClH.Zr/c1-26-23-31-24-33-35(28-21-15-16-22-28)27(2)39(41(6,7)8)38(37(33)32(31)25-34(26)40(3,4)5)36(29-17-11-9-12-18-29)30-19-13-10-14-20-30;;;/h9-21,23,25H,22H2,1-8H3;2*1H;/q;;;+2/p-2. The minimum atomic E-state index is -0.0633. The average Bonchev–Trinajstić information content (AvgIpc) is 3.56. The molecule has 0 N–H and O–H groups in total. The van der Waals surface area contributed by atoms with Gasteiger partial charge in [-0.2, -0.15) is 0 Å². The molecule has 0 saturated carbocycles. The van der Waals surface area contributed by atoms with Gasteiger partial charge in [-0.1, -0.05) is 0 Å². The Morgan fingerprint density at radius 2 is 1.27 bits per heavy atom. The van der Waals surface area contributed by atoms with Crippen LogP contribution in [0, 0.1) is 24.3 Å². The Hall–Kier alpha value is -2.44. The number of hydrogen-bond donors (Lipinski definition) is 0. The molecule has 0 amide bonds. The zero-order chi connectivity index (χ0) is 30.0. The topological polar surface area (TPSA) is 0 Å². The van der Waals surface area contributed by atoms with Crippen molar-refractivity contribution in [3.63, 3.8) is 0 Å². The van der Waals surface area contributed by atoms with E-state index in [1.807, 2.05) is 0 Å². The molecule has 44 heavy (non-hydrogen) atoms. The van der Waals surface area contributed by atoms with Gasteiger partial charge in [0.2, 0.25) is 0 Å². The van der Waals surface area contributed by atoms with Crippen LogP contribution in [0.15, 0.2) is 91.0 Å². The van der Waals surface area contributed by atoms with E-state index in [0.717, 1.165) is 6.42 Å². The molecule has 2 aliphatic carbocycles. The van der Waals surface area contributed by atoms with E-state index in [4.69, 9.17) is 0 Å². The third-order valence-electron chi connectivity index (χ3n) is 8.93. The molecular formula is C41H41Cl2Zr. The van der Waals surface area contributed by atoms with Crippen LogP contribution in [0.5, 0.6) is 0 Å². The van der Waals surface area contributed by atoms with Crippen LogP contribution in [0.25, 0.3) is 14.4 Å². The van der Waals surface area contributed by atoms with Gasteiger partial charge in [-0.3, -0.25) is 0 Å². The largest absolute Gasteiger partial charge is 1.00 e. The number of hydrogen-bond acceptors (Lipinski definition) is 0. The predicted octanol–water partition coefficient (Wildman–Crippen LogP) is 2.80. The fourth-order valence-corrected chi connectivity index (χ4v) is 8.47. The maximum absolute atomic E-state index is 2.55. The Balaban J connectivity index is 0.00000221. The first-order valence-electron chi connectivity index (χ1n) is 15.2. The minimum Gasteiger partial charge on any atom is -1.00 e. The van der Waals surface area contributed by atoms with Gasteiger partial charge in [0.1, 0.15) is 0 Å². The number of allylic oxidation sites excluding steroid dienone is 4. The summed E-state index contributed by atoms with van der Waals surface area (Å²) in [6, 6.07) is 27.2. The Labute approximate surface area is 291 Å². The summed E-state index contributed by atoms with van der Waals surface area (Å²) in [4.78, 5) is 0. The maximum atomic E-state index is 2.55. The fraction of sp³-hybridized carbons (Fsp3) is 0.268. The van der Waals surface area contributed by atoms with E-state index in [0.29, 0.717) is 0 Å². The van der Waals surface area contributed by atoms with Crippen LogP contribution < -0.4 is 35.3 Å². The number of halogens is 2. The van der Waals surface area contributed by atoms with Crippen molar-refractivity contribution < 1.29 is 49.5 Å². The van der Waals surface area contributed by atoms with Gasteiger partial charge in [0.25, 0.3) is 0 Å². The molecule has 2 aliphatic rings. The summed E-state index contributed by atoms with van der Waals surface area (Å²) in [6.07, 6.45) is 7.90. The van der Waals surface area contributed by atoms with E-state index in [2.05, 4.69) is 146 Å². The maximum Gasteiger partial charge on any atom is -1.00 e. The number of rotatable bonds is 3. The molecule has 0 radical (unpaired) electrons. The molecule has 0 nitrogen and oxygen atoms in total. The Bertz CT molecular complexity index is 1980. The van der Waals surface area contributed by atoms with E-state index in [1.165, 1.54) is 105 Å². The molecule has 0 spiro atoms. The van der Waals surface area contributed by atoms with Crippen LogP contribution in [0.1, 0.15) is 92.5 Å². The van der Waals surface area contributed by atoms with E-state index >= 15 is 0 Å². The third-order valence-corrected chi connectivity index (χ3v) is 10.2. The molecule has 3 heteroatoms. The van der Waals surface area contributed by atoms with Gasteiger partial charge in [0.15, 0.2) is 0 Å². The Morgan fingerprint density at radius 3 is 1.75 bits per heavy atom. The molecule has 0 unspecified atom stereocenters. The van der Waals surface area contributed by atoms with Crippen LogP contribution in [-0.4, -0.2) is 0 Å². The zero-order valence-corrected chi connectivity index (χ0v) is 31.1. The van der Waals surface area contributed by atoms with Gasteiger partial charge in [-0.15, -0.1) is 0 Å². The Kier molecular flexibility index (Phi) is 9.98. The molecule has 0 fully saturated rings. The third kappa shape index (κ3) is 5.82. The molecule has 223 valence electrons. The van der Waals surface area contributed by atoms with E-state index < -0.39 is 0 Å². The molecule has 0 aromatic heterocycles. The smallest absolute Gasteiger partial charge is 1.00 e. The molecule has 0 saturated heterocycles. The second-order valence-electron chi connectivity index (χ2n) is 14.0. The first-order valence-corrected chi connectivity index (χ1v) is 16.4. The molecular weight excluding hydrogens is 655 g/mol. The molecule has 0 aliphatic heterocycles. The van der Waals surface area contributed by atoms with Crippen molar-refractivity contribution in [1.82, 2.24) is 0 Å². The molecule has 6 rings (SSSR count). The van der Waals surface area contributed by atoms with Gasteiger partial charge < -0.3 is 24.8 Å². The molecule has 0 heterocycles. The summed E-state index contributed by atoms with van der Waals surface area (Å²) in [7, 11) is 0. The fourth-order valence-electron chi connectivity index (χ4n) is 7.35. The Morgan fingerprint density at radius 1 is 0.705 bits per heavy atom. The quantitative estimate of drug-likeness (QED) is 0.310. The van der Waals surface area contributed by atoms with Gasteiger partial charge in [-0.25, -0.2) is 0 Å². The summed E-state index contributed by atoms with van der Waals surface area (Å²) >= 11 is 1.47. The normalized spacial score (nSPS) is 13.6. The number of aryl methyl sites for hydroxylation is 1. The van der Waals surface area contributed by atoms with Crippen LogP contribution in [0.2, 0.25) is 0 Å². The van der Waals surface area contributed by atoms with Gasteiger partial charge >= 0.3 is 268 Å².